The fourth-order valence-electron chi connectivity index (χ4n) is 3.21. The molecule has 2 N–H and O–H groups in total. The molecule has 1 atom stereocenters. The predicted molar refractivity (Wildman–Crippen MR) is 103 cm³/mol. The highest BCUT2D eigenvalue weighted by Gasteiger charge is 2.25. The van der Waals surface area contributed by atoms with Crippen LogP contribution in [0.4, 0.5) is 4.39 Å². The van der Waals surface area contributed by atoms with Crippen LogP contribution in [-0.2, 0) is 0 Å². The van der Waals surface area contributed by atoms with E-state index in [0.717, 1.165) is 11.1 Å². The molecule has 0 unspecified atom stereocenters. The lowest BCUT2D eigenvalue weighted by atomic mass is 10.0. The molecule has 0 saturated carbocycles. The zero-order chi connectivity index (χ0) is 20.4. The van der Waals surface area contributed by atoms with E-state index in [4.69, 9.17) is 15.2 Å². The Morgan fingerprint density at radius 3 is 2.48 bits per heavy atom. The minimum absolute atomic E-state index is 0.0464. The average molecular weight is 392 g/mol. The maximum atomic E-state index is 14.5. The second-order valence-electron chi connectivity index (χ2n) is 6.56. The van der Waals surface area contributed by atoms with Crippen molar-refractivity contribution in [3.63, 3.8) is 0 Å². The topological polar surface area (TPSA) is 91.5 Å². The summed E-state index contributed by atoms with van der Waals surface area (Å²) in [5, 5.41) is 0. The van der Waals surface area contributed by atoms with Gasteiger partial charge in [-0.3, -0.25) is 14.6 Å². The molecule has 4 rings (SSSR count). The molecule has 7 heteroatoms. The van der Waals surface area contributed by atoms with Crippen molar-refractivity contribution in [3.05, 3.63) is 89.0 Å². The second-order valence-corrected chi connectivity index (χ2v) is 6.56. The van der Waals surface area contributed by atoms with E-state index >= 15 is 0 Å². The number of pyridine rings is 1. The maximum absolute atomic E-state index is 14.5. The van der Waals surface area contributed by atoms with E-state index in [-0.39, 0.29) is 35.9 Å². The van der Waals surface area contributed by atoms with Crippen LogP contribution >= 0.6 is 0 Å². The minimum Gasteiger partial charge on any atom is -0.492 e. The third-order valence-electron chi connectivity index (χ3n) is 4.65. The maximum Gasteiger partial charge on any atom is 0.248 e. The number of nitrogens with zero attached hydrogens (tertiary/aromatic N) is 1. The lowest BCUT2D eigenvalue weighted by Gasteiger charge is -2.22. The number of hydrogen-bond donors (Lipinski definition) is 1. The number of ketones is 1. The first-order chi connectivity index (χ1) is 14.0. The monoisotopic (exact) mass is 392 g/mol. The molecule has 1 aromatic heterocycles. The zero-order valence-electron chi connectivity index (χ0n) is 15.3. The van der Waals surface area contributed by atoms with Gasteiger partial charge in [0.25, 0.3) is 0 Å². The molecule has 2 aromatic carbocycles. The summed E-state index contributed by atoms with van der Waals surface area (Å²) in [6, 6.07) is 12.9. The van der Waals surface area contributed by atoms with E-state index in [9.17, 15) is 14.0 Å². The third kappa shape index (κ3) is 3.80. The Kier molecular flexibility index (Phi) is 4.95. The summed E-state index contributed by atoms with van der Waals surface area (Å²) < 4.78 is 26.1. The number of rotatable bonds is 5. The Morgan fingerprint density at radius 1 is 1.10 bits per heavy atom. The van der Waals surface area contributed by atoms with E-state index in [1.165, 1.54) is 12.1 Å². The first-order valence-electron chi connectivity index (χ1n) is 8.99. The third-order valence-corrected chi connectivity index (χ3v) is 4.65. The van der Waals surface area contributed by atoms with Gasteiger partial charge in [-0.1, -0.05) is 12.1 Å². The molecule has 0 spiro atoms. The molecular weight excluding hydrogens is 375 g/mol. The lowest BCUT2D eigenvalue weighted by molar-refractivity contribution is 0.0926. The van der Waals surface area contributed by atoms with Crippen LogP contribution in [0.3, 0.4) is 0 Å². The van der Waals surface area contributed by atoms with Gasteiger partial charge in [0.2, 0.25) is 5.91 Å². The van der Waals surface area contributed by atoms with Crippen LogP contribution in [0.5, 0.6) is 11.5 Å². The molecule has 146 valence electrons. The van der Waals surface area contributed by atoms with Crippen molar-refractivity contribution in [2.24, 2.45) is 5.73 Å². The summed E-state index contributed by atoms with van der Waals surface area (Å²) in [6.07, 6.45) is 2.80. The van der Waals surface area contributed by atoms with Crippen molar-refractivity contribution < 1.29 is 23.5 Å². The van der Waals surface area contributed by atoms with Gasteiger partial charge in [0.1, 0.15) is 23.4 Å². The van der Waals surface area contributed by atoms with Gasteiger partial charge >= 0.3 is 0 Å². The van der Waals surface area contributed by atoms with E-state index in [1.807, 2.05) is 0 Å². The molecule has 0 bridgehead atoms. The quantitative estimate of drug-likeness (QED) is 0.718. The van der Waals surface area contributed by atoms with Crippen LogP contribution in [0.2, 0.25) is 0 Å². The fraction of sp³-hybridized carbons (Fsp3) is 0.136. The number of hydrogen-bond acceptors (Lipinski definition) is 5. The van der Waals surface area contributed by atoms with E-state index < -0.39 is 17.8 Å². The molecule has 2 heterocycles. The molecule has 1 aliphatic heterocycles. The Morgan fingerprint density at radius 2 is 1.79 bits per heavy atom. The molecule has 0 saturated heterocycles. The number of Topliss-reactive ketones (excluding diaryl/α,β-unsaturated/α-hetero) is 1. The Bertz CT molecular complexity index is 1070. The number of carbonyl (C=O) groups excluding carboxylic acids is 2. The summed E-state index contributed by atoms with van der Waals surface area (Å²) in [5.41, 5.74) is 7.14. The number of ether oxygens (including phenoxy) is 2. The van der Waals surface area contributed by atoms with Crippen LogP contribution < -0.4 is 15.2 Å². The Labute approximate surface area is 166 Å². The number of aromatic nitrogens is 1. The number of fused-ring (bicyclic) bond motifs is 1. The number of amides is 1. The van der Waals surface area contributed by atoms with Crippen molar-refractivity contribution in [1.29, 1.82) is 0 Å². The molecule has 0 fully saturated rings. The molecule has 1 amide bonds. The number of nitrogens with two attached hydrogens (primary N) is 1. The van der Waals surface area contributed by atoms with Crippen LogP contribution in [0.25, 0.3) is 0 Å². The smallest absolute Gasteiger partial charge is 0.248 e. The summed E-state index contributed by atoms with van der Waals surface area (Å²) in [4.78, 5) is 27.3. The van der Waals surface area contributed by atoms with Gasteiger partial charge in [0, 0.05) is 36.5 Å². The van der Waals surface area contributed by atoms with E-state index in [2.05, 4.69) is 4.98 Å². The lowest BCUT2D eigenvalue weighted by Crippen LogP contribution is -2.18. The van der Waals surface area contributed by atoms with Crippen molar-refractivity contribution in [1.82, 2.24) is 4.98 Å². The molecule has 1 aliphatic rings. The van der Waals surface area contributed by atoms with Crippen molar-refractivity contribution in [2.75, 3.05) is 6.61 Å². The standard InChI is InChI=1S/C22H17FN2O4/c23-17-11-16(12-19-20(17)18(26)7-10-28-19)29-21(14-5-8-25-9-6-14)13-1-3-15(4-2-13)22(24)27/h1-6,8-9,11-12,21H,7,10H2,(H2,24,27)/t21-/m1/s1. The zero-order valence-corrected chi connectivity index (χ0v) is 15.3. The number of carbonyl (C=O) groups is 2. The highest BCUT2D eigenvalue weighted by molar-refractivity contribution is 6.00. The van der Waals surface area contributed by atoms with Gasteiger partial charge in [0.15, 0.2) is 5.78 Å². The molecule has 0 aliphatic carbocycles. The van der Waals surface area contributed by atoms with Crippen LogP contribution in [0.15, 0.2) is 60.9 Å². The number of benzene rings is 2. The fourth-order valence-corrected chi connectivity index (χ4v) is 3.21. The summed E-state index contributed by atoms with van der Waals surface area (Å²) >= 11 is 0. The SMILES string of the molecule is NC(=O)c1ccc([C@@H](Oc2cc(F)c3c(c2)OCCC3=O)c2ccncc2)cc1. The highest BCUT2D eigenvalue weighted by Crippen LogP contribution is 2.35. The molecule has 6 nitrogen and oxygen atoms in total. The van der Waals surface area contributed by atoms with Crippen molar-refractivity contribution in [3.8, 4) is 11.5 Å². The van der Waals surface area contributed by atoms with Crippen LogP contribution in [0, 0.1) is 5.82 Å². The Balaban J connectivity index is 1.72. The van der Waals surface area contributed by atoms with Gasteiger partial charge in [-0.25, -0.2) is 4.39 Å². The van der Waals surface area contributed by atoms with Crippen molar-refractivity contribution >= 4 is 11.7 Å². The first-order valence-corrected chi connectivity index (χ1v) is 8.99. The summed E-state index contributed by atoms with van der Waals surface area (Å²) in [5.74, 6) is -1.11. The predicted octanol–water partition coefficient (Wildman–Crippen LogP) is 3.45. The number of halogens is 1. The molecular formula is C22H17FN2O4. The molecule has 3 aromatic rings. The van der Waals surface area contributed by atoms with Gasteiger partial charge in [0.05, 0.1) is 12.2 Å². The van der Waals surface area contributed by atoms with Gasteiger partial charge in [-0.15, -0.1) is 0 Å². The van der Waals surface area contributed by atoms with E-state index in [1.54, 1.807) is 48.8 Å². The highest BCUT2D eigenvalue weighted by atomic mass is 19.1. The van der Waals surface area contributed by atoms with Crippen molar-refractivity contribution in [2.45, 2.75) is 12.5 Å². The minimum atomic E-state index is -0.681. The Hall–Kier alpha value is -3.74. The largest absolute Gasteiger partial charge is 0.492 e. The molecule has 29 heavy (non-hydrogen) atoms. The normalized spacial score (nSPS) is 13.9. The van der Waals surface area contributed by atoms with Gasteiger partial charge < -0.3 is 15.2 Å². The first kappa shape index (κ1) is 18.6. The van der Waals surface area contributed by atoms with Gasteiger partial charge in [-0.05, 0) is 35.4 Å². The van der Waals surface area contributed by atoms with Gasteiger partial charge in [-0.2, -0.15) is 0 Å². The second kappa shape index (κ2) is 7.71. The summed E-state index contributed by atoms with van der Waals surface area (Å²) in [6.45, 7) is 0.205. The van der Waals surface area contributed by atoms with Crippen LogP contribution in [0.1, 0.15) is 44.4 Å². The average Bonchev–Trinajstić information content (AvgIpc) is 2.72. The summed E-state index contributed by atoms with van der Waals surface area (Å²) in [7, 11) is 0. The molecule has 0 radical (unpaired) electrons. The number of primary amides is 1. The van der Waals surface area contributed by atoms with E-state index in [0.29, 0.717) is 5.56 Å². The van der Waals surface area contributed by atoms with Crippen LogP contribution in [-0.4, -0.2) is 23.3 Å².